The molecule has 0 spiro atoms. The Bertz CT molecular complexity index is 281. The zero-order valence-electron chi connectivity index (χ0n) is 6.52. The summed E-state index contributed by atoms with van der Waals surface area (Å²) in [4.78, 5) is 10.9. The summed E-state index contributed by atoms with van der Waals surface area (Å²) < 4.78 is 9.69. The molecule has 0 amide bonds. The van der Waals surface area contributed by atoms with Gasteiger partial charge in [0.15, 0.2) is 6.10 Å². The fraction of sp³-hybridized carbons (Fsp3) is 0.375. The van der Waals surface area contributed by atoms with Gasteiger partial charge in [-0.15, -0.1) is 0 Å². The first-order valence-corrected chi connectivity index (χ1v) is 4.52. The number of thiophene rings is 1. The highest BCUT2D eigenvalue weighted by Gasteiger charge is 2.47. The zero-order valence-corrected chi connectivity index (χ0v) is 7.34. The lowest BCUT2D eigenvalue weighted by Gasteiger charge is -1.90. The van der Waals surface area contributed by atoms with E-state index in [1.54, 1.807) is 11.3 Å². The summed E-state index contributed by atoms with van der Waals surface area (Å²) in [6.07, 6.45) is -0.437. The van der Waals surface area contributed by atoms with Gasteiger partial charge in [-0.3, -0.25) is 0 Å². The maximum absolute atomic E-state index is 10.9. The van der Waals surface area contributed by atoms with Gasteiger partial charge in [0.05, 0.1) is 7.11 Å². The van der Waals surface area contributed by atoms with Crippen molar-refractivity contribution >= 4 is 17.3 Å². The lowest BCUT2D eigenvalue weighted by molar-refractivity contribution is -0.142. The molecule has 2 heterocycles. The van der Waals surface area contributed by atoms with E-state index < -0.39 is 0 Å². The highest BCUT2D eigenvalue weighted by atomic mass is 32.1. The first-order chi connectivity index (χ1) is 5.83. The molecule has 1 aromatic rings. The molecule has 1 aliphatic heterocycles. The van der Waals surface area contributed by atoms with Crippen LogP contribution in [0.3, 0.4) is 0 Å². The first-order valence-electron chi connectivity index (χ1n) is 3.58. The molecule has 2 rings (SSSR count). The molecule has 3 nitrogen and oxygen atoms in total. The van der Waals surface area contributed by atoms with Crippen LogP contribution in [0.4, 0.5) is 0 Å². The van der Waals surface area contributed by atoms with Crippen molar-refractivity contribution in [3.8, 4) is 0 Å². The molecular formula is C8H8O3S. The maximum Gasteiger partial charge on any atom is 0.338 e. The van der Waals surface area contributed by atoms with Gasteiger partial charge < -0.3 is 9.47 Å². The normalized spacial score (nSPS) is 26.8. The number of ether oxygens (including phenoxy) is 2. The van der Waals surface area contributed by atoms with Gasteiger partial charge in [0.2, 0.25) is 0 Å². The van der Waals surface area contributed by atoms with Gasteiger partial charge >= 0.3 is 5.97 Å². The zero-order chi connectivity index (χ0) is 8.55. The molecule has 64 valence electrons. The third-order valence-corrected chi connectivity index (χ3v) is 2.50. The second kappa shape index (κ2) is 2.88. The Kier molecular flexibility index (Phi) is 1.86. The Morgan fingerprint density at radius 3 is 3.17 bits per heavy atom. The van der Waals surface area contributed by atoms with Crippen LogP contribution in [0.5, 0.6) is 0 Å². The van der Waals surface area contributed by atoms with Crippen molar-refractivity contribution in [2.75, 3.05) is 7.11 Å². The molecule has 0 bridgehead atoms. The summed E-state index contributed by atoms with van der Waals surface area (Å²) >= 11 is 1.60. The first kappa shape index (κ1) is 7.76. The van der Waals surface area contributed by atoms with Crippen LogP contribution >= 0.6 is 11.3 Å². The predicted octanol–water partition coefficient (Wildman–Crippen LogP) is 1.36. The second-order valence-corrected chi connectivity index (χ2v) is 3.34. The smallest absolute Gasteiger partial charge is 0.338 e. The van der Waals surface area contributed by atoms with E-state index in [9.17, 15) is 4.79 Å². The molecule has 0 unspecified atom stereocenters. The van der Waals surface area contributed by atoms with Crippen LogP contribution in [0.1, 0.15) is 11.7 Å². The quantitative estimate of drug-likeness (QED) is 0.514. The minimum absolute atomic E-state index is 0.0660. The molecule has 0 radical (unpaired) electrons. The summed E-state index contributed by atoms with van der Waals surface area (Å²) in [5.41, 5.74) is 1.07. The number of hydrogen-bond donors (Lipinski definition) is 0. The Balaban J connectivity index is 2.01. The monoisotopic (exact) mass is 184 g/mol. The minimum atomic E-state index is -0.371. The molecule has 12 heavy (non-hydrogen) atoms. The van der Waals surface area contributed by atoms with Crippen LogP contribution in [-0.4, -0.2) is 19.2 Å². The van der Waals surface area contributed by atoms with E-state index in [0.717, 1.165) is 5.56 Å². The SMILES string of the molecule is COC(=O)[C@@H]1O[C@@H]1c1ccsc1. The van der Waals surface area contributed by atoms with Crippen LogP contribution in [0, 0.1) is 0 Å². The summed E-state index contributed by atoms with van der Waals surface area (Å²) in [6.45, 7) is 0. The van der Waals surface area contributed by atoms with E-state index in [-0.39, 0.29) is 18.2 Å². The number of epoxide rings is 1. The fourth-order valence-corrected chi connectivity index (χ4v) is 1.78. The average Bonchev–Trinajstić information content (AvgIpc) is 2.71. The lowest BCUT2D eigenvalue weighted by Crippen LogP contribution is -2.08. The van der Waals surface area contributed by atoms with Gasteiger partial charge in [-0.25, -0.2) is 4.79 Å². The van der Waals surface area contributed by atoms with Crippen LogP contribution in [0.25, 0.3) is 0 Å². The van der Waals surface area contributed by atoms with Gasteiger partial charge in [-0.1, -0.05) is 0 Å². The largest absolute Gasteiger partial charge is 0.467 e. The molecule has 0 aromatic carbocycles. The number of hydrogen-bond acceptors (Lipinski definition) is 4. The van der Waals surface area contributed by atoms with E-state index >= 15 is 0 Å². The fourth-order valence-electron chi connectivity index (χ4n) is 1.10. The molecule has 0 N–H and O–H groups in total. The summed E-state index contributed by atoms with van der Waals surface area (Å²) in [5, 5.41) is 3.94. The van der Waals surface area contributed by atoms with Crippen molar-refractivity contribution in [1.29, 1.82) is 0 Å². The van der Waals surface area contributed by atoms with E-state index in [4.69, 9.17) is 4.74 Å². The van der Waals surface area contributed by atoms with E-state index in [1.165, 1.54) is 7.11 Å². The molecular weight excluding hydrogens is 176 g/mol. The van der Waals surface area contributed by atoms with E-state index in [0.29, 0.717) is 0 Å². The van der Waals surface area contributed by atoms with Crippen molar-refractivity contribution in [3.05, 3.63) is 22.4 Å². The number of carbonyl (C=O) groups excluding carboxylic acids is 1. The maximum atomic E-state index is 10.9. The molecule has 1 saturated heterocycles. The lowest BCUT2D eigenvalue weighted by atomic mass is 10.2. The number of methoxy groups -OCH3 is 1. The Morgan fingerprint density at radius 1 is 1.75 bits per heavy atom. The molecule has 1 aromatic heterocycles. The van der Waals surface area contributed by atoms with Crippen molar-refractivity contribution in [3.63, 3.8) is 0 Å². The van der Waals surface area contributed by atoms with Gasteiger partial charge in [-0.2, -0.15) is 11.3 Å². The van der Waals surface area contributed by atoms with Crippen LogP contribution in [0.15, 0.2) is 16.8 Å². The van der Waals surface area contributed by atoms with Crippen molar-refractivity contribution < 1.29 is 14.3 Å². The number of carbonyl (C=O) groups is 1. The summed E-state index contributed by atoms with van der Waals surface area (Å²) in [7, 11) is 1.37. The van der Waals surface area contributed by atoms with Gasteiger partial charge in [-0.05, 0) is 22.4 Å². The summed E-state index contributed by atoms with van der Waals surface area (Å²) in [5.74, 6) is -0.286. The van der Waals surface area contributed by atoms with Gasteiger partial charge in [0.1, 0.15) is 6.10 Å². The molecule has 1 fully saturated rings. The molecule has 4 heteroatoms. The Morgan fingerprint density at radius 2 is 2.58 bits per heavy atom. The molecule has 1 aliphatic rings. The van der Waals surface area contributed by atoms with Crippen LogP contribution < -0.4 is 0 Å². The van der Waals surface area contributed by atoms with Crippen molar-refractivity contribution in [2.24, 2.45) is 0 Å². The highest BCUT2D eigenvalue weighted by molar-refractivity contribution is 7.08. The van der Waals surface area contributed by atoms with Crippen LogP contribution in [0.2, 0.25) is 0 Å². The van der Waals surface area contributed by atoms with Crippen molar-refractivity contribution in [1.82, 2.24) is 0 Å². The standard InChI is InChI=1S/C8H8O3S/c1-10-8(9)7-6(11-7)5-2-3-12-4-5/h2-4,6-7H,1H3/t6-,7-/m1/s1. The number of rotatable bonds is 2. The third-order valence-electron chi connectivity index (χ3n) is 1.80. The van der Waals surface area contributed by atoms with E-state index in [2.05, 4.69) is 4.74 Å². The molecule has 2 atom stereocenters. The van der Waals surface area contributed by atoms with E-state index in [1.807, 2.05) is 16.8 Å². The second-order valence-electron chi connectivity index (χ2n) is 2.56. The average molecular weight is 184 g/mol. The summed E-state index contributed by atoms with van der Waals surface area (Å²) in [6, 6.07) is 1.96. The van der Waals surface area contributed by atoms with Crippen LogP contribution in [-0.2, 0) is 14.3 Å². The highest BCUT2D eigenvalue weighted by Crippen LogP contribution is 2.39. The van der Waals surface area contributed by atoms with Gasteiger partial charge in [0.25, 0.3) is 0 Å². The Hall–Kier alpha value is -0.870. The predicted molar refractivity (Wildman–Crippen MR) is 43.9 cm³/mol. The number of esters is 1. The molecule has 0 aliphatic carbocycles. The third kappa shape index (κ3) is 1.23. The van der Waals surface area contributed by atoms with Gasteiger partial charge in [0, 0.05) is 0 Å². The minimum Gasteiger partial charge on any atom is -0.467 e. The van der Waals surface area contributed by atoms with Crippen molar-refractivity contribution in [2.45, 2.75) is 12.2 Å². The molecule has 0 saturated carbocycles. The Labute approximate surface area is 73.9 Å². The topological polar surface area (TPSA) is 38.8 Å².